The Hall–Kier alpha value is -2.79. The number of carboxylic acid groups (broad SMARTS) is 1. The van der Waals surface area contributed by atoms with E-state index in [0.29, 0.717) is 6.42 Å². The third kappa shape index (κ3) is 14.1. The summed E-state index contributed by atoms with van der Waals surface area (Å²) >= 11 is 6.27. The van der Waals surface area contributed by atoms with Crippen LogP contribution in [0.3, 0.4) is 0 Å². The van der Waals surface area contributed by atoms with Crippen LogP contribution in [0.15, 0.2) is 83.5 Å². The topological polar surface area (TPSA) is 165 Å². The summed E-state index contributed by atoms with van der Waals surface area (Å²) in [6.45, 7) is 5.26. The minimum atomic E-state index is -1.51. The first kappa shape index (κ1) is 36.2. The predicted molar refractivity (Wildman–Crippen MR) is 158 cm³/mol. The Balaban J connectivity index is 2.57. The lowest BCUT2D eigenvalue weighted by Gasteiger charge is -2.30. The molecule has 8 unspecified atom stereocenters. The van der Waals surface area contributed by atoms with Crippen LogP contribution in [0, 0.1) is 11.8 Å². The normalized spacial score (nSPS) is 24.9. The van der Waals surface area contributed by atoms with Crippen molar-refractivity contribution < 1.29 is 45.0 Å². The summed E-state index contributed by atoms with van der Waals surface area (Å²) in [5.74, 6) is -2.95. The average Bonchev–Trinajstić information content (AvgIpc) is 2.93. The molecule has 1 saturated carbocycles. The monoisotopic (exact) mass is 594 g/mol. The molecule has 10 heteroatoms. The van der Waals surface area contributed by atoms with Gasteiger partial charge in [-0.15, -0.1) is 0 Å². The fourth-order valence-electron chi connectivity index (χ4n) is 4.01. The van der Waals surface area contributed by atoms with E-state index in [1.165, 1.54) is 18.2 Å². The second kappa shape index (κ2) is 19.4. The zero-order chi connectivity index (χ0) is 30.9. The Bertz CT molecular complexity index is 1040. The van der Waals surface area contributed by atoms with E-state index in [1.807, 2.05) is 13.8 Å². The average molecular weight is 595 g/mol. The molecule has 0 bridgehead atoms. The van der Waals surface area contributed by atoms with Crippen LogP contribution in [0.1, 0.15) is 46.5 Å². The molecule has 0 aromatic heterocycles. The number of rotatable bonds is 15. The van der Waals surface area contributed by atoms with Crippen molar-refractivity contribution in [3.8, 4) is 0 Å². The number of halogens is 1. The van der Waals surface area contributed by atoms with Crippen LogP contribution in [0.4, 0.5) is 0 Å². The van der Waals surface area contributed by atoms with E-state index < -0.39 is 60.4 Å². The van der Waals surface area contributed by atoms with Gasteiger partial charge in [0.25, 0.3) is 0 Å². The Kier molecular flexibility index (Phi) is 17.1. The van der Waals surface area contributed by atoms with Crippen molar-refractivity contribution in [3.05, 3.63) is 83.5 Å². The van der Waals surface area contributed by atoms with Gasteiger partial charge in [-0.1, -0.05) is 84.9 Å². The van der Waals surface area contributed by atoms with Crippen LogP contribution in [-0.4, -0.2) is 79.2 Å². The van der Waals surface area contributed by atoms with Gasteiger partial charge < -0.3 is 35.4 Å². The summed E-state index contributed by atoms with van der Waals surface area (Å²) in [6, 6.07) is 0. The first-order chi connectivity index (χ1) is 19.4. The molecule has 41 heavy (non-hydrogen) atoms. The molecule has 0 saturated heterocycles. The predicted octanol–water partition coefficient (Wildman–Crippen LogP) is 3.48. The maximum absolute atomic E-state index is 12.0. The molecule has 0 aromatic carbocycles. The number of hydrogen-bond donors (Lipinski definition) is 6. The SMILES string of the molecule is C/C=C/C=C/C(O)CC(O)C(O)C(O)C(C)/C(Cl)=C/C=C/C=C(C)/C=C/C=C/C(=O)OC1CC(C(=O)O)CCC1O. The van der Waals surface area contributed by atoms with Gasteiger partial charge in [0.1, 0.15) is 12.2 Å². The van der Waals surface area contributed by atoms with E-state index in [-0.39, 0.29) is 24.3 Å². The van der Waals surface area contributed by atoms with Crippen LogP contribution < -0.4 is 0 Å². The fourth-order valence-corrected chi connectivity index (χ4v) is 4.21. The van der Waals surface area contributed by atoms with Crippen molar-refractivity contribution in [1.82, 2.24) is 0 Å². The van der Waals surface area contributed by atoms with E-state index in [1.54, 1.807) is 61.6 Å². The molecule has 8 atom stereocenters. The van der Waals surface area contributed by atoms with Gasteiger partial charge in [0.05, 0.1) is 30.3 Å². The molecule has 1 aliphatic carbocycles. The van der Waals surface area contributed by atoms with Gasteiger partial charge in [0.2, 0.25) is 0 Å². The standard InChI is InChI=1S/C31H43ClO9/c1-4-5-6-13-23(33)19-26(35)30(38)29(37)21(3)24(32)14-9-7-11-20(2)12-8-10-15-28(36)41-27-18-22(31(39)40)16-17-25(27)34/h4-15,21-23,25-27,29-30,33-35,37-38H,16-19H2,1-3H3,(H,39,40)/b5-4+,9-7+,12-8+,13-6+,15-10+,20-11+,24-14-. The van der Waals surface area contributed by atoms with Gasteiger partial charge in [-0.3, -0.25) is 4.79 Å². The van der Waals surface area contributed by atoms with Crippen molar-refractivity contribution in [2.24, 2.45) is 11.8 Å². The molecule has 1 rings (SSSR count). The molecule has 228 valence electrons. The van der Waals surface area contributed by atoms with Crippen molar-refractivity contribution in [2.75, 3.05) is 0 Å². The molecule has 0 amide bonds. The molecule has 0 radical (unpaired) electrons. The number of carboxylic acids is 1. The van der Waals surface area contributed by atoms with E-state index >= 15 is 0 Å². The second-order valence-corrected chi connectivity index (χ2v) is 10.4. The summed E-state index contributed by atoms with van der Waals surface area (Å²) in [4.78, 5) is 23.2. The summed E-state index contributed by atoms with van der Waals surface area (Å²) < 4.78 is 5.21. The van der Waals surface area contributed by atoms with Crippen molar-refractivity contribution >= 4 is 23.5 Å². The zero-order valence-corrected chi connectivity index (χ0v) is 24.4. The minimum absolute atomic E-state index is 0.0815. The highest BCUT2D eigenvalue weighted by atomic mass is 35.5. The van der Waals surface area contributed by atoms with E-state index in [9.17, 15) is 35.1 Å². The maximum atomic E-state index is 12.0. The number of hydrogen-bond acceptors (Lipinski definition) is 8. The quantitative estimate of drug-likeness (QED) is 0.0945. The van der Waals surface area contributed by atoms with Gasteiger partial charge in [-0.05, 0) is 32.8 Å². The van der Waals surface area contributed by atoms with Crippen LogP contribution in [0.2, 0.25) is 0 Å². The lowest BCUT2D eigenvalue weighted by molar-refractivity contribution is -0.159. The molecular weight excluding hydrogens is 552 g/mol. The lowest BCUT2D eigenvalue weighted by Crippen LogP contribution is -2.42. The third-order valence-electron chi connectivity index (χ3n) is 6.61. The van der Waals surface area contributed by atoms with Gasteiger partial charge in [-0.25, -0.2) is 4.79 Å². The molecule has 0 heterocycles. The highest BCUT2D eigenvalue weighted by Crippen LogP contribution is 2.27. The molecule has 1 aliphatic rings. The van der Waals surface area contributed by atoms with E-state index in [2.05, 4.69) is 0 Å². The second-order valence-electron chi connectivity index (χ2n) is 10.0. The van der Waals surface area contributed by atoms with Crippen molar-refractivity contribution in [2.45, 2.75) is 83.1 Å². The van der Waals surface area contributed by atoms with E-state index in [0.717, 1.165) is 5.57 Å². The van der Waals surface area contributed by atoms with E-state index in [4.69, 9.17) is 21.4 Å². The number of esters is 1. The largest absolute Gasteiger partial charge is 0.481 e. The molecule has 0 aromatic rings. The van der Waals surface area contributed by atoms with Crippen LogP contribution in [0.25, 0.3) is 0 Å². The number of aliphatic carboxylic acids is 1. The lowest BCUT2D eigenvalue weighted by atomic mass is 9.85. The first-order valence-electron chi connectivity index (χ1n) is 13.6. The Labute approximate surface area is 246 Å². The number of allylic oxidation sites excluding steroid dienone is 11. The van der Waals surface area contributed by atoms with Crippen molar-refractivity contribution in [3.63, 3.8) is 0 Å². The zero-order valence-electron chi connectivity index (χ0n) is 23.7. The van der Waals surface area contributed by atoms with Gasteiger partial charge in [0, 0.05) is 29.9 Å². The maximum Gasteiger partial charge on any atom is 0.331 e. The Morgan fingerprint density at radius 2 is 1.61 bits per heavy atom. The smallest absolute Gasteiger partial charge is 0.331 e. The Morgan fingerprint density at radius 1 is 0.951 bits per heavy atom. The number of aliphatic hydroxyl groups excluding tert-OH is 5. The van der Waals surface area contributed by atoms with Crippen LogP contribution in [-0.2, 0) is 14.3 Å². The Morgan fingerprint density at radius 3 is 2.27 bits per heavy atom. The number of carbonyl (C=O) groups is 2. The molecule has 9 nitrogen and oxygen atoms in total. The first-order valence-corrected chi connectivity index (χ1v) is 13.9. The molecule has 6 N–H and O–H groups in total. The highest BCUT2D eigenvalue weighted by Gasteiger charge is 2.35. The van der Waals surface area contributed by atoms with Gasteiger partial charge >= 0.3 is 11.9 Å². The summed E-state index contributed by atoms with van der Waals surface area (Å²) in [6.07, 6.45) is 12.9. The molecule has 1 fully saturated rings. The number of carbonyl (C=O) groups excluding carboxylic acids is 1. The minimum Gasteiger partial charge on any atom is -0.481 e. The third-order valence-corrected chi connectivity index (χ3v) is 7.08. The highest BCUT2D eigenvalue weighted by molar-refractivity contribution is 6.30. The van der Waals surface area contributed by atoms with Crippen LogP contribution >= 0.6 is 11.6 Å². The number of aliphatic hydroxyl groups is 5. The summed E-state index contributed by atoms with van der Waals surface area (Å²) in [7, 11) is 0. The van der Waals surface area contributed by atoms with Gasteiger partial charge in [-0.2, -0.15) is 0 Å². The fraction of sp³-hybridized carbons (Fsp3) is 0.484. The number of ether oxygens (including phenoxy) is 1. The summed E-state index contributed by atoms with van der Waals surface area (Å²) in [5.41, 5.74) is 0.837. The molecule has 0 spiro atoms. The molecular formula is C31H43ClO9. The van der Waals surface area contributed by atoms with Gasteiger partial charge in [0.15, 0.2) is 0 Å². The van der Waals surface area contributed by atoms with Crippen molar-refractivity contribution in [1.29, 1.82) is 0 Å². The summed E-state index contributed by atoms with van der Waals surface area (Å²) in [5, 5.41) is 60.2. The van der Waals surface area contributed by atoms with Crippen LogP contribution in [0.5, 0.6) is 0 Å². The molecule has 0 aliphatic heterocycles.